The average Bonchev–Trinajstić information content (AvgIpc) is 3.09. The van der Waals surface area contributed by atoms with E-state index in [-0.39, 0.29) is 17.5 Å². The highest BCUT2D eigenvalue weighted by Crippen LogP contribution is 2.48. The average molecular weight is 316 g/mol. The van der Waals surface area contributed by atoms with Gasteiger partial charge in [-0.25, -0.2) is 0 Å². The van der Waals surface area contributed by atoms with Crippen LogP contribution in [0.4, 0.5) is 11.4 Å². The molecule has 0 aromatic heterocycles. The summed E-state index contributed by atoms with van der Waals surface area (Å²) in [5.41, 5.74) is 0.730. The van der Waals surface area contributed by atoms with Gasteiger partial charge in [0.15, 0.2) is 0 Å². The predicted molar refractivity (Wildman–Crippen MR) is 81.8 cm³/mol. The van der Waals surface area contributed by atoms with E-state index in [1.165, 1.54) is 6.07 Å². The van der Waals surface area contributed by atoms with Crippen LogP contribution in [0.25, 0.3) is 0 Å². The molecule has 1 amide bonds. The number of carbonyl (C=O) groups is 2. The second-order valence-electron chi connectivity index (χ2n) is 6.09. The maximum atomic E-state index is 12.5. The summed E-state index contributed by atoms with van der Waals surface area (Å²) >= 11 is 0. The Kier molecular flexibility index (Phi) is 3.63. The number of nitrogens with zero attached hydrogens (tertiary/aromatic N) is 1. The van der Waals surface area contributed by atoms with Gasteiger partial charge in [0, 0.05) is 17.3 Å². The zero-order valence-electron chi connectivity index (χ0n) is 12.4. The molecule has 3 rings (SSSR count). The van der Waals surface area contributed by atoms with Gasteiger partial charge in [0.1, 0.15) is 0 Å². The van der Waals surface area contributed by atoms with Gasteiger partial charge in [-0.15, -0.1) is 0 Å². The maximum Gasteiger partial charge on any atom is 0.307 e. The fourth-order valence-corrected chi connectivity index (χ4v) is 3.63. The number of benzene rings is 1. The molecule has 1 aromatic rings. The molecule has 7 heteroatoms. The first-order valence-corrected chi connectivity index (χ1v) is 7.35. The number of nitrogens with one attached hydrogen (secondary N) is 1. The molecule has 7 nitrogen and oxygen atoms in total. The number of nitro groups is 1. The molecule has 0 spiro atoms. The third-order valence-corrected chi connectivity index (χ3v) is 4.72. The van der Waals surface area contributed by atoms with E-state index >= 15 is 0 Å². The Morgan fingerprint density at radius 1 is 1.26 bits per heavy atom. The molecule has 1 saturated carbocycles. The number of nitro benzene ring substituents is 1. The van der Waals surface area contributed by atoms with Crippen molar-refractivity contribution in [1.82, 2.24) is 0 Å². The van der Waals surface area contributed by atoms with Crippen molar-refractivity contribution in [3.63, 3.8) is 0 Å². The highest BCUT2D eigenvalue weighted by atomic mass is 16.6. The summed E-state index contributed by atoms with van der Waals surface area (Å²) in [5.74, 6) is -2.93. The third-order valence-electron chi connectivity index (χ3n) is 4.72. The third kappa shape index (κ3) is 2.58. The molecule has 120 valence electrons. The van der Waals surface area contributed by atoms with Crippen LogP contribution in [-0.4, -0.2) is 21.9 Å². The largest absolute Gasteiger partial charge is 0.481 e. The van der Waals surface area contributed by atoms with E-state index in [0.29, 0.717) is 17.7 Å². The smallest absolute Gasteiger partial charge is 0.307 e. The number of anilines is 1. The zero-order valence-corrected chi connectivity index (χ0v) is 12.4. The van der Waals surface area contributed by atoms with Gasteiger partial charge in [0.25, 0.3) is 5.69 Å². The van der Waals surface area contributed by atoms with Gasteiger partial charge < -0.3 is 10.4 Å². The van der Waals surface area contributed by atoms with Gasteiger partial charge >= 0.3 is 5.97 Å². The van der Waals surface area contributed by atoms with Crippen LogP contribution in [0.3, 0.4) is 0 Å². The molecule has 0 aliphatic heterocycles. The minimum atomic E-state index is -0.975. The van der Waals surface area contributed by atoms with Crippen molar-refractivity contribution in [2.45, 2.75) is 13.3 Å². The normalized spacial score (nSPS) is 27.9. The molecule has 2 aliphatic rings. The lowest BCUT2D eigenvalue weighted by Gasteiger charge is -2.23. The van der Waals surface area contributed by atoms with Crippen molar-refractivity contribution in [3.8, 4) is 0 Å². The van der Waals surface area contributed by atoms with Crippen molar-refractivity contribution >= 4 is 23.3 Å². The summed E-state index contributed by atoms with van der Waals surface area (Å²) in [6.45, 7) is 1.62. The van der Waals surface area contributed by atoms with Gasteiger partial charge in [-0.1, -0.05) is 18.2 Å². The lowest BCUT2D eigenvalue weighted by molar-refractivity contribution is -0.385. The summed E-state index contributed by atoms with van der Waals surface area (Å²) < 4.78 is 0. The molecule has 2 aliphatic carbocycles. The topological polar surface area (TPSA) is 110 Å². The number of hydrogen-bond acceptors (Lipinski definition) is 4. The van der Waals surface area contributed by atoms with Crippen LogP contribution in [0.15, 0.2) is 30.4 Å². The summed E-state index contributed by atoms with van der Waals surface area (Å²) in [6, 6.07) is 4.44. The second kappa shape index (κ2) is 5.49. The quantitative estimate of drug-likeness (QED) is 0.503. The zero-order chi connectivity index (χ0) is 16.7. The standard InChI is InChI=1S/C16H16N2O5/c1-8-2-5-11(7-12(8)18(22)23)17-15(19)13-9-3-4-10(6-9)14(13)16(20)21/h2-5,7,9-10,13-14H,6H2,1H3,(H,17,19)(H,20,21)/t9-,10-,13+,14+/m0/s1. The van der Waals surface area contributed by atoms with Crippen LogP contribution in [0.1, 0.15) is 12.0 Å². The molecule has 0 saturated heterocycles. The summed E-state index contributed by atoms with van der Waals surface area (Å²) in [5, 5.41) is 23.0. The molecule has 0 radical (unpaired) electrons. The van der Waals surface area contributed by atoms with Crippen LogP contribution in [0.5, 0.6) is 0 Å². The Morgan fingerprint density at radius 3 is 2.52 bits per heavy atom. The molecule has 2 N–H and O–H groups in total. The number of carboxylic acids is 1. The highest BCUT2D eigenvalue weighted by molar-refractivity contribution is 5.96. The number of rotatable bonds is 4. The molecular formula is C16H16N2O5. The number of carboxylic acid groups (broad SMARTS) is 1. The van der Waals surface area contributed by atoms with Gasteiger partial charge in [0.05, 0.1) is 16.8 Å². The fraction of sp³-hybridized carbons (Fsp3) is 0.375. The second-order valence-corrected chi connectivity index (χ2v) is 6.09. The summed E-state index contributed by atoms with van der Waals surface area (Å²) in [7, 11) is 0. The number of carbonyl (C=O) groups excluding carboxylic acids is 1. The molecule has 23 heavy (non-hydrogen) atoms. The minimum Gasteiger partial charge on any atom is -0.481 e. The van der Waals surface area contributed by atoms with Crippen molar-refractivity contribution in [2.24, 2.45) is 23.7 Å². The van der Waals surface area contributed by atoms with E-state index in [0.717, 1.165) is 0 Å². The molecule has 1 fully saturated rings. The van der Waals surface area contributed by atoms with Crippen LogP contribution in [0, 0.1) is 40.7 Å². The molecule has 0 heterocycles. The van der Waals surface area contributed by atoms with Crippen molar-refractivity contribution < 1.29 is 19.6 Å². The minimum absolute atomic E-state index is 0.0783. The predicted octanol–water partition coefficient (Wildman–Crippen LogP) is 2.36. The van der Waals surface area contributed by atoms with Crippen LogP contribution in [0.2, 0.25) is 0 Å². The van der Waals surface area contributed by atoms with Gasteiger partial charge in [-0.05, 0) is 31.2 Å². The van der Waals surface area contributed by atoms with E-state index in [4.69, 9.17) is 0 Å². The van der Waals surface area contributed by atoms with E-state index in [2.05, 4.69) is 5.32 Å². The Labute approximate surface area is 132 Å². The summed E-state index contributed by atoms with van der Waals surface area (Å²) in [6.07, 6.45) is 4.43. The fourth-order valence-electron chi connectivity index (χ4n) is 3.63. The Morgan fingerprint density at radius 2 is 1.91 bits per heavy atom. The lowest BCUT2D eigenvalue weighted by Crippen LogP contribution is -2.36. The Bertz CT molecular complexity index is 727. The number of aryl methyl sites for hydroxylation is 1. The monoisotopic (exact) mass is 316 g/mol. The molecule has 4 atom stereocenters. The van der Waals surface area contributed by atoms with E-state index in [1.54, 1.807) is 19.1 Å². The van der Waals surface area contributed by atoms with Gasteiger partial charge in [-0.2, -0.15) is 0 Å². The van der Waals surface area contributed by atoms with E-state index in [9.17, 15) is 24.8 Å². The van der Waals surface area contributed by atoms with Gasteiger partial charge in [0.2, 0.25) is 5.91 Å². The van der Waals surface area contributed by atoms with E-state index < -0.39 is 28.6 Å². The number of hydrogen-bond donors (Lipinski definition) is 2. The van der Waals surface area contributed by atoms with Crippen molar-refractivity contribution in [2.75, 3.05) is 5.32 Å². The van der Waals surface area contributed by atoms with Crippen LogP contribution in [-0.2, 0) is 9.59 Å². The first-order chi connectivity index (χ1) is 10.9. The number of fused-ring (bicyclic) bond motifs is 2. The molecule has 2 bridgehead atoms. The number of allylic oxidation sites excluding steroid dienone is 2. The van der Waals surface area contributed by atoms with Gasteiger partial charge in [-0.3, -0.25) is 19.7 Å². The Balaban J connectivity index is 1.82. The lowest BCUT2D eigenvalue weighted by atomic mass is 9.82. The van der Waals surface area contributed by atoms with Crippen molar-refractivity contribution in [3.05, 3.63) is 46.0 Å². The first kappa shape index (κ1) is 15.2. The summed E-state index contributed by atoms with van der Waals surface area (Å²) in [4.78, 5) is 34.4. The Hall–Kier alpha value is -2.70. The molecule has 0 unspecified atom stereocenters. The molecular weight excluding hydrogens is 300 g/mol. The SMILES string of the molecule is Cc1ccc(NC(=O)[C@H]2[C@H](C(=O)O)[C@H]3C=C[C@H]2C3)cc1[N+](=O)[O-]. The number of amides is 1. The first-order valence-electron chi connectivity index (χ1n) is 7.35. The number of aliphatic carboxylic acids is 1. The van der Waals surface area contributed by atoms with Crippen LogP contribution < -0.4 is 5.32 Å². The van der Waals surface area contributed by atoms with Crippen molar-refractivity contribution in [1.29, 1.82) is 0 Å². The van der Waals surface area contributed by atoms with E-state index in [1.807, 2.05) is 12.2 Å². The van der Waals surface area contributed by atoms with Crippen LogP contribution >= 0.6 is 0 Å². The molecule has 1 aromatic carbocycles. The highest BCUT2D eigenvalue weighted by Gasteiger charge is 2.51. The maximum absolute atomic E-state index is 12.5.